The van der Waals surface area contributed by atoms with Crippen molar-refractivity contribution in [2.24, 2.45) is 0 Å². The minimum atomic E-state index is 0.905. The van der Waals surface area contributed by atoms with Gasteiger partial charge in [0.05, 0.1) is 0 Å². The minimum absolute atomic E-state index is 0.905. The molecule has 0 heterocycles. The van der Waals surface area contributed by atoms with Gasteiger partial charge in [-0.2, -0.15) is 0 Å². The van der Waals surface area contributed by atoms with Crippen LogP contribution in [0.4, 0.5) is 0 Å². The molecule has 1 rings (SSSR count). The molecule has 0 aliphatic carbocycles. The van der Waals surface area contributed by atoms with Gasteiger partial charge in [-0.1, -0.05) is 48.6 Å². The second-order valence-electron chi connectivity index (χ2n) is 3.36. The van der Waals surface area contributed by atoms with Crippen molar-refractivity contribution in [3.05, 3.63) is 48.0 Å². The molecule has 0 amide bonds. The lowest BCUT2D eigenvalue weighted by Gasteiger charge is -1.99. The number of benzene rings is 1. The third-order valence-electron chi connectivity index (χ3n) is 2.04. The third-order valence-corrected chi connectivity index (χ3v) is 2.04. The lowest BCUT2D eigenvalue weighted by molar-refractivity contribution is 0.922. The van der Waals surface area contributed by atoms with Gasteiger partial charge in [0.15, 0.2) is 0 Å². The quantitative estimate of drug-likeness (QED) is 0.764. The van der Waals surface area contributed by atoms with Crippen LogP contribution in [-0.2, 0) is 0 Å². The highest BCUT2D eigenvalue weighted by atomic mass is 14.8. The van der Waals surface area contributed by atoms with E-state index < -0.39 is 0 Å². The molecule has 1 N–H and O–H groups in total. The predicted molar refractivity (Wildman–Crippen MR) is 64.1 cm³/mol. The Morgan fingerprint density at radius 2 is 2.00 bits per heavy atom. The molecule has 14 heavy (non-hydrogen) atoms. The maximum absolute atomic E-state index is 3.90. The summed E-state index contributed by atoms with van der Waals surface area (Å²) in [6.07, 6.45) is 4.22. The fraction of sp³-hybridized carbons (Fsp3) is 0.231. The maximum Gasteiger partial charge on any atom is 0.0135 e. The molecule has 0 saturated heterocycles. The molecule has 0 atom stereocenters. The average Bonchev–Trinajstić information content (AvgIpc) is 2.19. The molecule has 0 saturated carbocycles. The molecule has 1 aromatic rings. The summed E-state index contributed by atoms with van der Waals surface area (Å²) in [7, 11) is 1.94. The molecular weight excluding hydrogens is 170 g/mol. The molecule has 0 unspecified atom stereocenters. The Kier molecular flexibility index (Phi) is 4.14. The van der Waals surface area contributed by atoms with Gasteiger partial charge in [-0.15, -0.1) is 0 Å². The summed E-state index contributed by atoms with van der Waals surface area (Å²) < 4.78 is 0. The van der Waals surface area contributed by atoms with Gasteiger partial charge in [0, 0.05) is 6.54 Å². The van der Waals surface area contributed by atoms with Gasteiger partial charge in [0.1, 0.15) is 0 Å². The van der Waals surface area contributed by atoms with Gasteiger partial charge in [-0.25, -0.2) is 0 Å². The van der Waals surface area contributed by atoms with Crippen molar-refractivity contribution in [1.82, 2.24) is 5.32 Å². The summed E-state index contributed by atoms with van der Waals surface area (Å²) in [6, 6.07) is 8.41. The van der Waals surface area contributed by atoms with Crippen LogP contribution in [0.3, 0.4) is 0 Å². The van der Waals surface area contributed by atoms with E-state index in [9.17, 15) is 0 Å². The van der Waals surface area contributed by atoms with Crippen LogP contribution in [-0.4, -0.2) is 13.6 Å². The Bertz CT molecular complexity index is 320. The molecule has 0 aliphatic rings. The summed E-state index contributed by atoms with van der Waals surface area (Å²) in [4.78, 5) is 0. The normalized spacial score (nSPS) is 10.7. The number of nitrogens with one attached hydrogen (secondary N) is 1. The zero-order valence-corrected chi connectivity index (χ0v) is 8.88. The highest BCUT2D eigenvalue weighted by Gasteiger charge is 1.91. The van der Waals surface area contributed by atoms with Gasteiger partial charge < -0.3 is 5.32 Å². The first-order valence-corrected chi connectivity index (χ1v) is 4.81. The molecule has 0 spiro atoms. The Balaban J connectivity index is 2.68. The summed E-state index contributed by atoms with van der Waals surface area (Å²) in [6.45, 7) is 6.83. The molecule has 0 fully saturated rings. The zero-order chi connectivity index (χ0) is 10.4. The van der Waals surface area contributed by atoms with Crippen LogP contribution in [0.1, 0.15) is 18.1 Å². The number of likely N-dealkylation sites (N-methyl/N-ethyl adjacent to an activating group) is 1. The van der Waals surface area contributed by atoms with Crippen molar-refractivity contribution in [3.63, 3.8) is 0 Å². The summed E-state index contributed by atoms with van der Waals surface area (Å²) in [5.74, 6) is 0. The summed E-state index contributed by atoms with van der Waals surface area (Å²) in [5.41, 5.74) is 3.54. The van der Waals surface area contributed by atoms with Gasteiger partial charge >= 0.3 is 0 Å². The predicted octanol–water partition coefficient (Wildman–Crippen LogP) is 2.95. The maximum atomic E-state index is 3.90. The van der Waals surface area contributed by atoms with Gasteiger partial charge in [-0.3, -0.25) is 0 Å². The monoisotopic (exact) mass is 187 g/mol. The standard InChI is InChI=1S/C13H17N/c1-11(2)13-8-6-12(7-9-13)5-4-10-14-3/h4-9,14H,1,10H2,2-3H3. The van der Waals surface area contributed by atoms with E-state index in [1.165, 1.54) is 11.1 Å². The van der Waals surface area contributed by atoms with Crippen LogP contribution >= 0.6 is 0 Å². The first-order valence-electron chi connectivity index (χ1n) is 4.81. The van der Waals surface area contributed by atoms with E-state index >= 15 is 0 Å². The van der Waals surface area contributed by atoms with Crippen LogP contribution in [0.5, 0.6) is 0 Å². The Morgan fingerprint density at radius 1 is 1.36 bits per heavy atom. The van der Waals surface area contributed by atoms with Crippen LogP contribution in [0.25, 0.3) is 11.6 Å². The average molecular weight is 187 g/mol. The fourth-order valence-corrected chi connectivity index (χ4v) is 1.19. The van der Waals surface area contributed by atoms with Crippen molar-refractivity contribution in [2.75, 3.05) is 13.6 Å². The van der Waals surface area contributed by atoms with E-state index in [2.05, 4.69) is 48.3 Å². The topological polar surface area (TPSA) is 12.0 Å². The van der Waals surface area contributed by atoms with E-state index in [4.69, 9.17) is 0 Å². The van der Waals surface area contributed by atoms with Gasteiger partial charge in [0.25, 0.3) is 0 Å². The molecule has 1 heteroatoms. The number of hydrogen-bond acceptors (Lipinski definition) is 1. The lowest BCUT2D eigenvalue weighted by Crippen LogP contribution is -2.03. The van der Waals surface area contributed by atoms with Gasteiger partial charge in [-0.05, 0) is 25.1 Å². The molecule has 0 bridgehead atoms. The Hall–Kier alpha value is -1.34. The molecule has 74 valence electrons. The molecule has 1 nitrogen and oxygen atoms in total. The van der Waals surface area contributed by atoms with Gasteiger partial charge in [0.2, 0.25) is 0 Å². The number of rotatable bonds is 4. The SMILES string of the molecule is C=C(C)c1ccc(C=CCNC)cc1. The van der Waals surface area contributed by atoms with E-state index in [1.54, 1.807) is 0 Å². The van der Waals surface area contributed by atoms with Crippen LogP contribution in [0.15, 0.2) is 36.9 Å². The summed E-state index contributed by atoms with van der Waals surface area (Å²) in [5, 5.41) is 3.07. The minimum Gasteiger partial charge on any atom is -0.316 e. The largest absolute Gasteiger partial charge is 0.316 e. The zero-order valence-electron chi connectivity index (χ0n) is 8.88. The number of allylic oxidation sites excluding steroid dienone is 1. The van der Waals surface area contributed by atoms with Crippen molar-refractivity contribution < 1.29 is 0 Å². The van der Waals surface area contributed by atoms with Crippen molar-refractivity contribution in [3.8, 4) is 0 Å². The lowest BCUT2D eigenvalue weighted by atomic mass is 10.1. The van der Waals surface area contributed by atoms with E-state index in [-0.39, 0.29) is 0 Å². The molecule has 0 aromatic heterocycles. The first-order chi connectivity index (χ1) is 6.74. The number of hydrogen-bond donors (Lipinski definition) is 1. The highest BCUT2D eigenvalue weighted by molar-refractivity contribution is 5.63. The fourth-order valence-electron chi connectivity index (χ4n) is 1.19. The highest BCUT2D eigenvalue weighted by Crippen LogP contribution is 2.12. The van der Waals surface area contributed by atoms with Crippen LogP contribution < -0.4 is 5.32 Å². The van der Waals surface area contributed by atoms with E-state index in [1.807, 2.05) is 14.0 Å². The van der Waals surface area contributed by atoms with Crippen molar-refractivity contribution >= 4 is 11.6 Å². The molecule has 0 radical (unpaired) electrons. The van der Waals surface area contributed by atoms with E-state index in [0.717, 1.165) is 12.1 Å². The Labute approximate surface area is 86.2 Å². The molecule has 1 aromatic carbocycles. The molecule has 0 aliphatic heterocycles. The first kappa shape index (κ1) is 10.7. The van der Waals surface area contributed by atoms with Crippen LogP contribution in [0.2, 0.25) is 0 Å². The second kappa shape index (κ2) is 5.40. The third kappa shape index (κ3) is 3.19. The second-order valence-corrected chi connectivity index (χ2v) is 3.36. The molecular formula is C13H17N. The Morgan fingerprint density at radius 3 is 2.50 bits per heavy atom. The van der Waals surface area contributed by atoms with Crippen molar-refractivity contribution in [2.45, 2.75) is 6.92 Å². The van der Waals surface area contributed by atoms with Crippen molar-refractivity contribution in [1.29, 1.82) is 0 Å². The smallest absolute Gasteiger partial charge is 0.0135 e. The van der Waals surface area contributed by atoms with E-state index in [0.29, 0.717) is 0 Å². The summed E-state index contributed by atoms with van der Waals surface area (Å²) >= 11 is 0. The van der Waals surface area contributed by atoms with Crippen LogP contribution in [0, 0.1) is 0 Å².